The Hall–Kier alpha value is -3.67. The topological polar surface area (TPSA) is 77.1 Å². The zero-order valence-electron chi connectivity index (χ0n) is 14.6. The van der Waals surface area contributed by atoms with Crippen LogP contribution < -0.4 is 10.7 Å². The highest BCUT2D eigenvalue weighted by Crippen LogP contribution is 2.17. The van der Waals surface area contributed by atoms with Crippen molar-refractivity contribution < 1.29 is 9.21 Å². The molecule has 27 heavy (non-hydrogen) atoms. The second-order valence-corrected chi connectivity index (χ2v) is 6.23. The molecular formula is C21H17N3O3. The molecule has 0 aliphatic rings. The van der Waals surface area contributed by atoms with Crippen LogP contribution in [0, 0.1) is 0 Å². The molecule has 1 N–H and O–H groups in total. The third-order valence-electron chi connectivity index (χ3n) is 4.40. The van der Waals surface area contributed by atoms with E-state index in [4.69, 9.17) is 4.42 Å². The summed E-state index contributed by atoms with van der Waals surface area (Å²) in [5.41, 5.74) is 2.08. The SMILES string of the molecule is CC(NC(=O)c1cc(=O)c2ccccc2o1)c1ccc(-n2ccnc2)cc1. The lowest BCUT2D eigenvalue weighted by Gasteiger charge is -2.14. The van der Waals surface area contributed by atoms with Crippen LogP contribution in [0.2, 0.25) is 0 Å². The Morgan fingerprint density at radius 3 is 2.67 bits per heavy atom. The van der Waals surface area contributed by atoms with Gasteiger partial charge in [-0.3, -0.25) is 9.59 Å². The van der Waals surface area contributed by atoms with Crippen molar-refractivity contribution >= 4 is 16.9 Å². The number of hydrogen-bond donors (Lipinski definition) is 1. The molecule has 1 atom stereocenters. The summed E-state index contributed by atoms with van der Waals surface area (Å²) in [6.45, 7) is 1.88. The predicted molar refractivity (Wildman–Crippen MR) is 102 cm³/mol. The number of nitrogens with one attached hydrogen (secondary N) is 1. The highest BCUT2D eigenvalue weighted by molar-refractivity contribution is 5.93. The van der Waals surface area contributed by atoms with Gasteiger partial charge in [0, 0.05) is 24.1 Å². The van der Waals surface area contributed by atoms with Crippen molar-refractivity contribution in [2.75, 3.05) is 0 Å². The lowest BCUT2D eigenvalue weighted by atomic mass is 10.1. The fourth-order valence-corrected chi connectivity index (χ4v) is 2.91. The molecule has 0 aliphatic heterocycles. The lowest BCUT2D eigenvalue weighted by Crippen LogP contribution is -2.27. The molecule has 2 heterocycles. The number of carbonyl (C=O) groups excluding carboxylic acids is 1. The first-order valence-corrected chi connectivity index (χ1v) is 8.54. The van der Waals surface area contributed by atoms with E-state index in [1.165, 1.54) is 6.07 Å². The number of nitrogens with zero attached hydrogens (tertiary/aromatic N) is 2. The van der Waals surface area contributed by atoms with E-state index < -0.39 is 5.91 Å². The number of imidazole rings is 1. The van der Waals surface area contributed by atoms with Gasteiger partial charge in [0.25, 0.3) is 5.91 Å². The second kappa shape index (κ2) is 6.92. The van der Waals surface area contributed by atoms with Gasteiger partial charge in [-0.2, -0.15) is 0 Å². The summed E-state index contributed by atoms with van der Waals surface area (Å²) < 4.78 is 7.49. The van der Waals surface area contributed by atoms with Gasteiger partial charge in [0.05, 0.1) is 17.8 Å². The Morgan fingerprint density at radius 2 is 1.93 bits per heavy atom. The van der Waals surface area contributed by atoms with Crippen molar-refractivity contribution in [1.29, 1.82) is 0 Å². The van der Waals surface area contributed by atoms with Gasteiger partial charge in [0.2, 0.25) is 0 Å². The van der Waals surface area contributed by atoms with Crippen LogP contribution >= 0.6 is 0 Å². The summed E-state index contributed by atoms with van der Waals surface area (Å²) in [5.74, 6) is -0.426. The van der Waals surface area contributed by atoms with Crippen LogP contribution in [-0.2, 0) is 0 Å². The molecule has 0 fully saturated rings. The van der Waals surface area contributed by atoms with Gasteiger partial charge < -0.3 is 14.3 Å². The minimum Gasteiger partial charge on any atom is -0.451 e. The summed E-state index contributed by atoms with van der Waals surface area (Å²) >= 11 is 0. The minimum absolute atomic E-state index is 0.000542. The molecule has 6 nitrogen and oxygen atoms in total. The van der Waals surface area contributed by atoms with Gasteiger partial charge >= 0.3 is 0 Å². The van der Waals surface area contributed by atoms with E-state index in [9.17, 15) is 9.59 Å². The molecule has 4 aromatic rings. The molecule has 0 aliphatic carbocycles. The van der Waals surface area contributed by atoms with Crippen LogP contribution in [0.1, 0.15) is 29.1 Å². The van der Waals surface area contributed by atoms with Crippen LogP contribution in [0.4, 0.5) is 0 Å². The molecule has 4 rings (SSSR count). The predicted octanol–water partition coefficient (Wildman–Crippen LogP) is 3.47. The molecule has 134 valence electrons. The molecule has 0 saturated heterocycles. The van der Waals surface area contributed by atoms with Gasteiger partial charge in [-0.15, -0.1) is 0 Å². The van der Waals surface area contributed by atoms with Crippen molar-refractivity contribution in [3.05, 3.63) is 94.9 Å². The molecule has 6 heteroatoms. The van der Waals surface area contributed by atoms with Gasteiger partial charge in [0.1, 0.15) is 5.58 Å². The maximum atomic E-state index is 12.5. The van der Waals surface area contributed by atoms with E-state index >= 15 is 0 Å². The van der Waals surface area contributed by atoms with Crippen molar-refractivity contribution in [2.24, 2.45) is 0 Å². The van der Waals surface area contributed by atoms with Crippen LogP contribution in [0.3, 0.4) is 0 Å². The number of aromatic nitrogens is 2. The zero-order valence-corrected chi connectivity index (χ0v) is 14.6. The van der Waals surface area contributed by atoms with Crippen molar-refractivity contribution in [2.45, 2.75) is 13.0 Å². The summed E-state index contributed by atoms with van der Waals surface area (Å²) in [6, 6.07) is 15.6. The fourth-order valence-electron chi connectivity index (χ4n) is 2.91. The van der Waals surface area contributed by atoms with Gasteiger partial charge in [-0.05, 0) is 36.8 Å². The summed E-state index contributed by atoms with van der Waals surface area (Å²) in [4.78, 5) is 28.7. The Kier molecular flexibility index (Phi) is 4.30. The number of hydrogen-bond acceptors (Lipinski definition) is 4. The smallest absolute Gasteiger partial charge is 0.287 e. The number of para-hydroxylation sites is 1. The van der Waals surface area contributed by atoms with E-state index in [1.54, 1.807) is 36.8 Å². The van der Waals surface area contributed by atoms with Gasteiger partial charge in [-0.25, -0.2) is 4.98 Å². The summed E-state index contributed by atoms with van der Waals surface area (Å²) in [6.07, 6.45) is 5.30. The first-order valence-electron chi connectivity index (χ1n) is 8.54. The van der Waals surface area contributed by atoms with E-state index in [1.807, 2.05) is 42.0 Å². The normalized spacial score (nSPS) is 12.0. The molecule has 1 unspecified atom stereocenters. The number of carbonyl (C=O) groups is 1. The molecule has 0 radical (unpaired) electrons. The molecular weight excluding hydrogens is 342 g/mol. The monoisotopic (exact) mass is 359 g/mol. The standard InChI is InChI=1S/C21H17N3O3/c1-14(15-6-8-16(9-7-15)24-11-10-22-13-24)23-21(26)20-12-18(25)17-4-2-3-5-19(17)27-20/h2-14H,1H3,(H,23,26). The first-order chi connectivity index (χ1) is 13.1. The molecule has 0 bridgehead atoms. The average molecular weight is 359 g/mol. The number of fused-ring (bicyclic) bond motifs is 1. The molecule has 0 saturated carbocycles. The maximum Gasteiger partial charge on any atom is 0.287 e. The Bertz CT molecular complexity index is 1150. The van der Waals surface area contributed by atoms with Crippen molar-refractivity contribution in [3.63, 3.8) is 0 Å². The fraction of sp³-hybridized carbons (Fsp3) is 0.0952. The van der Waals surface area contributed by atoms with E-state index in [0.717, 1.165) is 11.3 Å². The molecule has 1 amide bonds. The second-order valence-electron chi connectivity index (χ2n) is 6.23. The van der Waals surface area contributed by atoms with Crippen LogP contribution in [0.15, 0.2) is 82.5 Å². The Morgan fingerprint density at radius 1 is 1.15 bits per heavy atom. The van der Waals surface area contributed by atoms with E-state index in [2.05, 4.69) is 10.3 Å². The third kappa shape index (κ3) is 3.37. The highest BCUT2D eigenvalue weighted by Gasteiger charge is 2.15. The van der Waals surface area contributed by atoms with Crippen LogP contribution in [0.5, 0.6) is 0 Å². The van der Waals surface area contributed by atoms with Crippen molar-refractivity contribution in [1.82, 2.24) is 14.9 Å². The molecule has 2 aromatic carbocycles. The van der Waals surface area contributed by atoms with Crippen LogP contribution in [0.25, 0.3) is 16.7 Å². The first kappa shape index (κ1) is 16.8. The average Bonchev–Trinajstić information content (AvgIpc) is 3.23. The Labute approximate surface area is 155 Å². The number of benzene rings is 2. The number of rotatable bonds is 4. The highest BCUT2D eigenvalue weighted by atomic mass is 16.3. The quantitative estimate of drug-likeness (QED) is 0.605. The largest absolute Gasteiger partial charge is 0.451 e. The van der Waals surface area contributed by atoms with Crippen LogP contribution in [-0.4, -0.2) is 15.5 Å². The van der Waals surface area contributed by atoms with Gasteiger partial charge in [-0.1, -0.05) is 24.3 Å². The third-order valence-corrected chi connectivity index (χ3v) is 4.40. The minimum atomic E-state index is -0.427. The lowest BCUT2D eigenvalue weighted by molar-refractivity contribution is 0.0912. The van der Waals surface area contributed by atoms with Crippen molar-refractivity contribution in [3.8, 4) is 5.69 Å². The molecule has 2 aromatic heterocycles. The zero-order chi connectivity index (χ0) is 18.8. The number of amides is 1. The van der Waals surface area contributed by atoms with E-state index in [-0.39, 0.29) is 17.2 Å². The van der Waals surface area contributed by atoms with Gasteiger partial charge in [0.15, 0.2) is 11.2 Å². The molecule has 0 spiro atoms. The Balaban J connectivity index is 1.53. The van der Waals surface area contributed by atoms with E-state index in [0.29, 0.717) is 11.0 Å². The maximum absolute atomic E-state index is 12.5. The summed E-state index contributed by atoms with van der Waals surface area (Å²) in [7, 11) is 0. The summed E-state index contributed by atoms with van der Waals surface area (Å²) in [5, 5.41) is 3.32.